The number of piperazine rings is 1. The first kappa shape index (κ1) is 21.0. The molecule has 6 heteroatoms. The van der Waals surface area contributed by atoms with E-state index in [0.29, 0.717) is 39.2 Å². The molecule has 0 spiro atoms. The van der Waals surface area contributed by atoms with Crippen molar-refractivity contribution in [3.05, 3.63) is 71.4 Å². The van der Waals surface area contributed by atoms with Crippen LogP contribution >= 0.6 is 0 Å². The molecule has 2 amide bonds. The molecular weight excluding hydrogens is 390 g/mol. The molecule has 0 radical (unpaired) electrons. The summed E-state index contributed by atoms with van der Waals surface area (Å²) >= 11 is 0. The van der Waals surface area contributed by atoms with Crippen molar-refractivity contribution in [2.24, 2.45) is 0 Å². The van der Waals surface area contributed by atoms with Gasteiger partial charge in [0.05, 0.1) is 6.61 Å². The number of aryl methyl sites for hydroxylation is 1. The summed E-state index contributed by atoms with van der Waals surface area (Å²) in [7, 11) is 0. The standard InChI is InChI=1S/C25H29N3O3/c1-3-31-25(30)28-14-12-27(13-15-28)24(29)16-21(19-10-8-18(2)9-11-19)22-17-26-23-7-5-4-6-20(22)23/h4-11,17,21,26H,3,12-16H2,1-2H3. The number of benzene rings is 2. The van der Waals surface area contributed by atoms with Crippen LogP contribution in [0.1, 0.15) is 36.0 Å². The van der Waals surface area contributed by atoms with Crippen LogP contribution in [0.4, 0.5) is 4.79 Å². The summed E-state index contributed by atoms with van der Waals surface area (Å²) in [5.74, 6) is 0.0756. The highest BCUT2D eigenvalue weighted by atomic mass is 16.6. The Labute approximate surface area is 182 Å². The summed E-state index contributed by atoms with van der Waals surface area (Å²) in [6, 6.07) is 16.6. The molecule has 2 heterocycles. The summed E-state index contributed by atoms with van der Waals surface area (Å²) in [6.07, 6.45) is 2.12. The number of para-hydroxylation sites is 1. The third-order valence-electron chi connectivity index (χ3n) is 6.01. The van der Waals surface area contributed by atoms with Gasteiger partial charge in [0.15, 0.2) is 0 Å². The number of rotatable bonds is 5. The van der Waals surface area contributed by atoms with Gasteiger partial charge in [-0.05, 0) is 31.0 Å². The lowest BCUT2D eigenvalue weighted by Gasteiger charge is -2.34. The second kappa shape index (κ2) is 9.25. The van der Waals surface area contributed by atoms with Gasteiger partial charge in [0.25, 0.3) is 0 Å². The number of H-pyrrole nitrogens is 1. The number of nitrogens with zero attached hydrogens (tertiary/aromatic N) is 2. The van der Waals surface area contributed by atoms with Gasteiger partial charge in [-0.15, -0.1) is 0 Å². The lowest BCUT2D eigenvalue weighted by molar-refractivity contribution is -0.133. The summed E-state index contributed by atoms with van der Waals surface area (Å²) in [5.41, 5.74) is 4.54. The molecule has 1 atom stereocenters. The van der Waals surface area contributed by atoms with Crippen molar-refractivity contribution in [2.45, 2.75) is 26.2 Å². The number of aromatic amines is 1. The lowest BCUT2D eigenvalue weighted by atomic mass is 9.87. The molecule has 162 valence electrons. The number of ether oxygens (including phenoxy) is 1. The zero-order valence-electron chi connectivity index (χ0n) is 18.1. The minimum atomic E-state index is -0.300. The normalized spacial score (nSPS) is 15.2. The van der Waals surface area contributed by atoms with E-state index >= 15 is 0 Å². The van der Waals surface area contributed by atoms with E-state index in [1.807, 2.05) is 23.2 Å². The highest BCUT2D eigenvalue weighted by molar-refractivity contribution is 5.86. The lowest BCUT2D eigenvalue weighted by Crippen LogP contribution is -2.50. The minimum absolute atomic E-state index is 0.0349. The SMILES string of the molecule is CCOC(=O)N1CCN(C(=O)CC(c2ccc(C)cc2)c2c[nH]c3ccccc23)CC1. The Bertz CT molecular complexity index is 1050. The van der Waals surface area contributed by atoms with Crippen LogP contribution in [0.15, 0.2) is 54.7 Å². The van der Waals surface area contributed by atoms with Crippen LogP contribution in [0.25, 0.3) is 10.9 Å². The first-order valence-corrected chi connectivity index (χ1v) is 10.9. The van der Waals surface area contributed by atoms with Gasteiger partial charge in [-0.25, -0.2) is 4.79 Å². The van der Waals surface area contributed by atoms with Gasteiger partial charge >= 0.3 is 6.09 Å². The largest absolute Gasteiger partial charge is 0.450 e. The highest BCUT2D eigenvalue weighted by Crippen LogP contribution is 2.34. The Morgan fingerprint density at radius 2 is 1.68 bits per heavy atom. The molecule has 1 N–H and O–H groups in total. The Kier molecular flexibility index (Phi) is 6.26. The number of carbonyl (C=O) groups is 2. The average Bonchev–Trinajstić information content (AvgIpc) is 3.22. The molecule has 1 fully saturated rings. The zero-order valence-corrected chi connectivity index (χ0v) is 18.1. The van der Waals surface area contributed by atoms with Crippen molar-refractivity contribution >= 4 is 22.9 Å². The fourth-order valence-corrected chi connectivity index (χ4v) is 4.25. The molecule has 0 saturated carbocycles. The van der Waals surface area contributed by atoms with Crippen molar-refractivity contribution in [1.82, 2.24) is 14.8 Å². The summed E-state index contributed by atoms with van der Waals surface area (Å²) in [5, 5.41) is 1.15. The molecule has 1 aliphatic heterocycles. The predicted molar refractivity (Wildman–Crippen MR) is 121 cm³/mol. The van der Waals surface area contributed by atoms with Gasteiger partial charge in [-0.3, -0.25) is 4.79 Å². The van der Waals surface area contributed by atoms with E-state index in [4.69, 9.17) is 4.74 Å². The highest BCUT2D eigenvalue weighted by Gasteiger charge is 2.28. The van der Waals surface area contributed by atoms with Crippen molar-refractivity contribution in [2.75, 3.05) is 32.8 Å². The average molecular weight is 420 g/mol. The molecule has 1 aromatic heterocycles. The van der Waals surface area contributed by atoms with Crippen molar-refractivity contribution in [1.29, 1.82) is 0 Å². The number of amides is 2. The quantitative estimate of drug-likeness (QED) is 0.671. The molecule has 6 nitrogen and oxygen atoms in total. The third-order valence-corrected chi connectivity index (χ3v) is 6.01. The number of hydrogen-bond acceptors (Lipinski definition) is 3. The van der Waals surface area contributed by atoms with Crippen molar-refractivity contribution in [3.63, 3.8) is 0 Å². The topological polar surface area (TPSA) is 65.6 Å². The van der Waals surface area contributed by atoms with Gasteiger partial charge in [0.2, 0.25) is 5.91 Å². The molecule has 0 bridgehead atoms. The number of aromatic nitrogens is 1. The van der Waals surface area contributed by atoms with Gasteiger partial charge in [-0.1, -0.05) is 48.0 Å². The fraction of sp³-hybridized carbons (Fsp3) is 0.360. The Balaban J connectivity index is 1.54. The van der Waals surface area contributed by atoms with Crippen molar-refractivity contribution in [3.8, 4) is 0 Å². The second-order valence-electron chi connectivity index (χ2n) is 8.02. The molecule has 1 saturated heterocycles. The maximum atomic E-state index is 13.3. The number of fused-ring (bicyclic) bond motifs is 1. The van der Waals surface area contributed by atoms with Crippen LogP contribution in [-0.4, -0.2) is 59.6 Å². The first-order valence-electron chi connectivity index (χ1n) is 10.9. The Morgan fingerprint density at radius 1 is 1.00 bits per heavy atom. The second-order valence-corrected chi connectivity index (χ2v) is 8.02. The minimum Gasteiger partial charge on any atom is -0.450 e. The smallest absolute Gasteiger partial charge is 0.409 e. The molecule has 3 aromatic rings. The van der Waals surface area contributed by atoms with Crippen LogP contribution in [0.2, 0.25) is 0 Å². The van der Waals surface area contributed by atoms with Gasteiger partial charge in [0.1, 0.15) is 0 Å². The van der Waals surface area contributed by atoms with Crippen molar-refractivity contribution < 1.29 is 14.3 Å². The molecule has 1 aliphatic rings. The summed E-state index contributed by atoms with van der Waals surface area (Å²) in [4.78, 5) is 32.1. The molecule has 0 aliphatic carbocycles. The molecule has 2 aromatic carbocycles. The first-order chi connectivity index (χ1) is 15.1. The summed E-state index contributed by atoms with van der Waals surface area (Å²) < 4.78 is 5.08. The fourth-order valence-electron chi connectivity index (χ4n) is 4.25. The maximum Gasteiger partial charge on any atom is 0.409 e. The van der Waals surface area contributed by atoms with Crippen LogP contribution < -0.4 is 0 Å². The van der Waals surface area contributed by atoms with Crippen LogP contribution in [0, 0.1) is 6.92 Å². The van der Waals surface area contributed by atoms with Gasteiger partial charge in [0, 0.05) is 55.6 Å². The maximum absolute atomic E-state index is 13.3. The van der Waals surface area contributed by atoms with E-state index in [0.717, 1.165) is 22.0 Å². The molecule has 31 heavy (non-hydrogen) atoms. The van der Waals surface area contributed by atoms with Gasteiger partial charge in [-0.2, -0.15) is 0 Å². The zero-order chi connectivity index (χ0) is 21.8. The Morgan fingerprint density at radius 3 is 2.39 bits per heavy atom. The molecular formula is C25H29N3O3. The molecule has 1 unspecified atom stereocenters. The van der Waals surface area contributed by atoms with Crippen LogP contribution in [-0.2, 0) is 9.53 Å². The van der Waals surface area contributed by atoms with E-state index in [9.17, 15) is 9.59 Å². The van der Waals surface area contributed by atoms with Crippen LogP contribution in [0.5, 0.6) is 0 Å². The number of nitrogens with one attached hydrogen (secondary N) is 1. The van der Waals surface area contributed by atoms with E-state index in [2.05, 4.69) is 48.3 Å². The third kappa shape index (κ3) is 4.58. The van der Waals surface area contributed by atoms with E-state index < -0.39 is 0 Å². The van der Waals surface area contributed by atoms with E-state index in [-0.39, 0.29) is 17.9 Å². The van der Waals surface area contributed by atoms with E-state index in [1.165, 1.54) is 5.56 Å². The van der Waals surface area contributed by atoms with Crippen LogP contribution in [0.3, 0.4) is 0 Å². The molecule has 4 rings (SSSR count). The van der Waals surface area contributed by atoms with E-state index in [1.54, 1.807) is 11.8 Å². The van der Waals surface area contributed by atoms with Gasteiger partial charge < -0.3 is 19.5 Å². The Hall–Kier alpha value is -3.28. The predicted octanol–water partition coefficient (Wildman–Crippen LogP) is 4.30. The monoisotopic (exact) mass is 419 g/mol. The number of carbonyl (C=O) groups excluding carboxylic acids is 2. The number of hydrogen-bond donors (Lipinski definition) is 1. The summed E-state index contributed by atoms with van der Waals surface area (Å²) in [6.45, 7) is 6.31.